The molecule has 1 amide bonds. The van der Waals surface area contributed by atoms with Crippen LogP contribution in [-0.2, 0) is 4.79 Å². The summed E-state index contributed by atoms with van der Waals surface area (Å²) < 4.78 is 12.6. The van der Waals surface area contributed by atoms with E-state index in [0.717, 1.165) is 22.6 Å². The monoisotopic (exact) mass is 460 g/mol. The molecule has 1 heterocycles. The lowest BCUT2D eigenvalue weighted by Gasteiger charge is -2.12. The Kier molecular flexibility index (Phi) is 6.95. The fourth-order valence-electron chi connectivity index (χ4n) is 3.37. The quantitative estimate of drug-likeness (QED) is 0.373. The highest BCUT2D eigenvalue weighted by Crippen LogP contribution is 2.31. The predicted octanol–water partition coefficient (Wildman–Crippen LogP) is 4.99. The van der Waals surface area contributed by atoms with Crippen molar-refractivity contribution in [2.75, 3.05) is 25.3 Å². The molecule has 0 aliphatic heterocycles. The van der Waals surface area contributed by atoms with E-state index in [9.17, 15) is 4.79 Å². The number of anilines is 1. The van der Waals surface area contributed by atoms with E-state index >= 15 is 0 Å². The molecular weight excluding hydrogens is 436 g/mol. The smallest absolute Gasteiger partial charge is 0.234 e. The standard InChI is InChI=1S/C25H24N4O3S/c1-17-8-7-9-18(14-17)24-27-28-25(29(24)19-10-5-4-6-11-19)33-16-23(30)26-21-15-20(31-2)12-13-22(21)32-3/h4-15H,16H2,1-3H3,(H,26,30). The van der Waals surface area contributed by atoms with Gasteiger partial charge in [0.2, 0.25) is 5.91 Å². The Bertz CT molecular complexity index is 1260. The Morgan fingerprint density at radius 2 is 1.79 bits per heavy atom. The van der Waals surface area contributed by atoms with Gasteiger partial charge in [-0.05, 0) is 37.3 Å². The van der Waals surface area contributed by atoms with Crippen LogP contribution in [0.2, 0.25) is 0 Å². The molecule has 0 aliphatic carbocycles. The van der Waals surface area contributed by atoms with E-state index in [2.05, 4.69) is 21.6 Å². The molecule has 7 nitrogen and oxygen atoms in total. The lowest BCUT2D eigenvalue weighted by atomic mass is 10.1. The van der Waals surface area contributed by atoms with Gasteiger partial charge in [-0.1, -0.05) is 53.7 Å². The van der Waals surface area contributed by atoms with Crippen molar-refractivity contribution in [1.82, 2.24) is 14.8 Å². The third kappa shape index (κ3) is 5.18. The largest absolute Gasteiger partial charge is 0.497 e. The third-order valence-corrected chi connectivity index (χ3v) is 5.87. The Morgan fingerprint density at radius 3 is 2.52 bits per heavy atom. The number of hydrogen-bond donors (Lipinski definition) is 1. The minimum absolute atomic E-state index is 0.152. The molecule has 4 rings (SSSR count). The van der Waals surface area contributed by atoms with Gasteiger partial charge in [-0.2, -0.15) is 0 Å². The normalized spacial score (nSPS) is 10.6. The molecule has 0 fully saturated rings. The van der Waals surface area contributed by atoms with Crippen LogP contribution in [0.3, 0.4) is 0 Å². The van der Waals surface area contributed by atoms with Gasteiger partial charge in [0.1, 0.15) is 11.5 Å². The number of carbonyl (C=O) groups is 1. The third-order valence-electron chi connectivity index (χ3n) is 4.94. The van der Waals surface area contributed by atoms with Gasteiger partial charge in [0, 0.05) is 17.3 Å². The molecule has 0 aliphatic rings. The van der Waals surface area contributed by atoms with Gasteiger partial charge in [-0.25, -0.2) is 0 Å². The highest BCUT2D eigenvalue weighted by Gasteiger charge is 2.18. The zero-order valence-electron chi connectivity index (χ0n) is 18.6. The second kappa shape index (κ2) is 10.2. The summed E-state index contributed by atoms with van der Waals surface area (Å²) in [5.74, 6) is 1.88. The average molecular weight is 461 g/mol. The zero-order valence-corrected chi connectivity index (χ0v) is 19.4. The molecule has 4 aromatic rings. The number of amides is 1. The Hall–Kier alpha value is -3.78. The first kappa shape index (κ1) is 22.4. The van der Waals surface area contributed by atoms with E-state index in [1.54, 1.807) is 32.4 Å². The molecule has 0 atom stereocenters. The van der Waals surface area contributed by atoms with Crippen LogP contribution in [0.5, 0.6) is 11.5 Å². The molecule has 0 spiro atoms. The number of para-hydroxylation sites is 1. The lowest BCUT2D eigenvalue weighted by Crippen LogP contribution is -2.15. The summed E-state index contributed by atoms with van der Waals surface area (Å²) in [5, 5.41) is 12.3. The van der Waals surface area contributed by atoms with Gasteiger partial charge in [0.25, 0.3) is 0 Å². The van der Waals surface area contributed by atoms with Gasteiger partial charge >= 0.3 is 0 Å². The SMILES string of the molecule is COc1ccc(OC)c(NC(=O)CSc2nnc(-c3cccc(C)c3)n2-c2ccccc2)c1. The number of hydrogen-bond acceptors (Lipinski definition) is 6. The van der Waals surface area contributed by atoms with Crippen molar-refractivity contribution < 1.29 is 14.3 Å². The van der Waals surface area contributed by atoms with E-state index < -0.39 is 0 Å². The first-order chi connectivity index (χ1) is 16.1. The van der Waals surface area contributed by atoms with Crippen molar-refractivity contribution in [3.8, 4) is 28.6 Å². The maximum atomic E-state index is 12.7. The van der Waals surface area contributed by atoms with E-state index in [1.807, 2.05) is 60.0 Å². The molecule has 168 valence electrons. The van der Waals surface area contributed by atoms with Crippen molar-refractivity contribution in [1.29, 1.82) is 0 Å². The van der Waals surface area contributed by atoms with Gasteiger partial charge in [0.05, 0.1) is 25.7 Å². The Labute approximate surface area is 196 Å². The molecule has 33 heavy (non-hydrogen) atoms. The fourth-order valence-corrected chi connectivity index (χ4v) is 4.12. The van der Waals surface area contributed by atoms with Gasteiger partial charge < -0.3 is 14.8 Å². The van der Waals surface area contributed by atoms with Crippen LogP contribution in [0.25, 0.3) is 17.1 Å². The van der Waals surface area contributed by atoms with Crippen LogP contribution in [0.15, 0.2) is 78.0 Å². The summed E-state index contributed by atoms with van der Waals surface area (Å²) in [6, 6.07) is 23.2. The van der Waals surface area contributed by atoms with Crippen molar-refractivity contribution in [3.05, 3.63) is 78.4 Å². The highest BCUT2D eigenvalue weighted by molar-refractivity contribution is 7.99. The summed E-state index contributed by atoms with van der Waals surface area (Å²) >= 11 is 1.32. The number of nitrogens with one attached hydrogen (secondary N) is 1. The summed E-state index contributed by atoms with van der Waals surface area (Å²) in [7, 11) is 3.13. The molecule has 0 bridgehead atoms. The summed E-state index contributed by atoms with van der Waals surface area (Å²) in [6.45, 7) is 2.04. The van der Waals surface area contributed by atoms with Crippen LogP contribution in [0, 0.1) is 6.92 Å². The number of aryl methyl sites for hydroxylation is 1. The van der Waals surface area contributed by atoms with E-state index in [4.69, 9.17) is 9.47 Å². The number of methoxy groups -OCH3 is 2. The first-order valence-corrected chi connectivity index (χ1v) is 11.3. The van der Waals surface area contributed by atoms with Gasteiger partial charge in [0.15, 0.2) is 11.0 Å². The number of thioether (sulfide) groups is 1. The molecule has 1 aromatic heterocycles. The summed E-state index contributed by atoms with van der Waals surface area (Å²) in [6.07, 6.45) is 0. The van der Waals surface area contributed by atoms with E-state index in [1.165, 1.54) is 11.8 Å². The van der Waals surface area contributed by atoms with Crippen LogP contribution in [0.1, 0.15) is 5.56 Å². The minimum Gasteiger partial charge on any atom is -0.497 e. The Balaban J connectivity index is 1.58. The highest BCUT2D eigenvalue weighted by atomic mass is 32.2. The van der Waals surface area contributed by atoms with Crippen LogP contribution in [-0.4, -0.2) is 40.6 Å². The number of benzene rings is 3. The maximum Gasteiger partial charge on any atom is 0.234 e. The summed E-state index contributed by atoms with van der Waals surface area (Å²) in [5.41, 5.74) is 3.57. The number of aromatic nitrogens is 3. The second-order valence-corrected chi connectivity index (χ2v) is 8.19. The van der Waals surface area contributed by atoms with E-state index in [0.29, 0.717) is 22.3 Å². The molecule has 0 radical (unpaired) electrons. The predicted molar refractivity (Wildman–Crippen MR) is 130 cm³/mol. The van der Waals surface area contributed by atoms with Crippen LogP contribution < -0.4 is 14.8 Å². The molecule has 0 saturated carbocycles. The minimum atomic E-state index is -0.189. The van der Waals surface area contributed by atoms with Crippen molar-refractivity contribution >= 4 is 23.4 Å². The molecule has 0 unspecified atom stereocenters. The molecule has 8 heteroatoms. The van der Waals surface area contributed by atoms with Crippen LogP contribution in [0.4, 0.5) is 5.69 Å². The lowest BCUT2D eigenvalue weighted by molar-refractivity contribution is -0.113. The van der Waals surface area contributed by atoms with Gasteiger partial charge in [-0.3, -0.25) is 9.36 Å². The van der Waals surface area contributed by atoms with Crippen molar-refractivity contribution in [3.63, 3.8) is 0 Å². The molecular formula is C25H24N4O3S. The number of nitrogens with zero attached hydrogens (tertiary/aromatic N) is 3. The van der Waals surface area contributed by atoms with Crippen molar-refractivity contribution in [2.45, 2.75) is 12.1 Å². The second-order valence-electron chi connectivity index (χ2n) is 7.25. The zero-order chi connectivity index (χ0) is 23.2. The van der Waals surface area contributed by atoms with E-state index in [-0.39, 0.29) is 11.7 Å². The molecule has 3 aromatic carbocycles. The molecule has 1 N–H and O–H groups in total. The average Bonchev–Trinajstić information content (AvgIpc) is 3.27. The van der Waals surface area contributed by atoms with Crippen LogP contribution >= 0.6 is 11.8 Å². The maximum absolute atomic E-state index is 12.7. The number of rotatable bonds is 8. The molecule has 0 saturated heterocycles. The van der Waals surface area contributed by atoms with Crippen molar-refractivity contribution in [2.24, 2.45) is 0 Å². The number of carbonyl (C=O) groups excluding carboxylic acids is 1. The topological polar surface area (TPSA) is 78.3 Å². The van der Waals surface area contributed by atoms with Gasteiger partial charge in [-0.15, -0.1) is 10.2 Å². The fraction of sp³-hybridized carbons (Fsp3) is 0.160. The first-order valence-electron chi connectivity index (χ1n) is 10.3. The Morgan fingerprint density at radius 1 is 0.970 bits per heavy atom. The number of ether oxygens (including phenoxy) is 2. The summed E-state index contributed by atoms with van der Waals surface area (Å²) in [4.78, 5) is 12.7.